The first-order valence-electron chi connectivity index (χ1n) is 6.60. The fourth-order valence-electron chi connectivity index (χ4n) is 1.63. The largest absolute Gasteiger partial charge is 0.461 e. The summed E-state index contributed by atoms with van der Waals surface area (Å²) in [5.41, 5.74) is 0.541. The summed E-state index contributed by atoms with van der Waals surface area (Å²) < 4.78 is 5.18. The molecule has 1 aromatic carbocycles. The van der Waals surface area contributed by atoms with Gasteiger partial charge in [-0.1, -0.05) is 18.2 Å². The van der Waals surface area contributed by atoms with Gasteiger partial charge in [-0.05, 0) is 44.4 Å². The van der Waals surface area contributed by atoms with E-state index < -0.39 is 6.04 Å². The number of carbonyl (C=O) groups excluding carboxylic acids is 2. The van der Waals surface area contributed by atoms with Crippen LogP contribution in [0.25, 0.3) is 0 Å². The molecule has 0 spiro atoms. The molecule has 0 aromatic heterocycles. The van der Waals surface area contributed by atoms with E-state index in [0.717, 1.165) is 5.75 Å². The Morgan fingerprint density at radius 2 is 1.90 bits per heavy atom. The summed E-state index contributed by atoms with van der Waals surface area (Å²) in [6, 6.07) is 8.26. The van der Waals surface area contributed by atoms with Gasteiger partial charge in [-0.15, -0.1) is 0 Å². The van der Waals surface area contributed by atoms with Crippen molar-refractivity contribution in [3.05, 3.63) is 35.9 Å². The standard InChI is InChI=1S/C15H21NO3S/c1-11(2)19-15(18)13(9-10-20-3)16-14(17)12-7-5-4-6-8-12/h4-8,11,13H,9-10H2,1-3H3,(H,16,17)/t13-/m0/s1. The van der Waals surface area contributed by atoms with Crippen molar-refractivity contribution < 1.29 is 14.3 Å². The third kappa shape index (κ3) is 5.65. The highest BCUT2D eigenvalue weighted by molar-refractivity contribution is 7.98. The van der Waals surface area contributed by atoms with Gasteiger partial charge in [-0.25, -0.2) is 4.79 Å². The van der Waals surface area contributed by atoms with Gasteiger partial charge >= 0.3 is 5.97 Å². The second-order valence-corrected chi connectivity index (χ2v) is 5.64. The monoisotopic (exact) mass is 295 g/mol. The molecule has 1 N–H and O–H groups in total. The second-order valence-electron chi connectivity index (χ2n) is 4.66. The van der Waals surface area contributed by atoms with Gasteiger partial charge in [0.1, 0.15) is 6.04 Å². The maximum Gasteiger partial charge on any atom is 0.328 e. The molecule has 0 aliphatic heterocycles. The first-order chi connectivity index (χ1) is 9.54. The van der Waals surface area contributed by atoms with E-state index in [4.69, 9.17) is 4.74 Å². The maximum atomic E-state index is 12.1. The van der Waals surface area contributed by atoms with Gasteiger partial charge in [0.25, 0.3) is 5.91 Å². The number of ether oxygens (including phenoxy) is 1. The predicted octanol–water partition coefficient (Wildman–Crippen LogP) is 2.49. The minimum Gasteiger partial charge on any atom is -0.461 e. The average Bonchev–Trinajstić information content (AvgIpc) is 2.43. The number of benzene rings is 1. The average molecular weight is 295 g/mol. The number of rotatable bonds is 7. The highest BCUT2D eigenvalue weighted by atomic mass is 32.2. The number of esters is 1. The minimum absolute atomic E-state index is 0.187. The number of hydrogen-bond donors (Lipinski definition) is 1. The van der Waals surface area contributed by atoms with E-state index in [0.29, 0.717) is 12.0 Å². The number of carbonyl (C=O) groups is 2. The molecule has 0 bridgehead atoms. The van der Waals surface area contributed by atoms with Crippen molar-refractivity contribution in [3.8, 4) is 0 Å². The Hall–Kier alpha value is -1.49. The first-order valence-corrected chi connectivity index (χ1v) is 7.99. The van der Waals surface area contributed by atoms with Crippen molar-refractivity contribution >= 4 is 23.6 Å². The molecule has 0 saturated carbocycles. The van der Waals surface area contributed by atoms with Crippen LogP contribution in [0.5, 0.6) is 0 Å². The van der Waals surface area contributed by atoms with Crippen molar-refractivity contribution in [2.75, 3.05) is 12.0 Å². The van der Waals surface area contributed by atoms with E-state index in [2.05, 4.69) is 5.32 Å². The van der Waals surface area contributed by atoms with E-state index in [-0.39, 0.29) is 18.0 Å². The Labute approximate surface area is 124 Å². The van der Waals surface area contributed by atoms with Gasteiger partial charge < -0.3 is 10.1 Å². The quantitative estimate of drug-likeness (QED) is 0.785. The summed E-state index contributed by atoms with van der Waals surface area (Å²) in [5.74, 6) is 0.156. The van der Waals surface area contributed by atoms with Gasteiger partial charge in [0.2, 0.25) is 0 Å². The zero-order valence-corrected chi connectivity index (χ0v) is 12.9. The van der Waals surface area contributed by atoms with Gasteiger partial charge in [0.15, 0.2) is 0 Å². The molecular weight excluding hydrogens is 274 g/mol. The lowest BCUT2D eigenvalue weighted by atomic mass is 10.1. The van der Waals surface area contributed by atoms with Crippen LogP contribution in [0.4, 0.5) is 0 Å². The molecule has 0 saturated heterocycles. The van der Waals surface area contributed by atoms with Crippen LogP contribution in [0.3, 0.4) is 0 Å². The van der Waals surface area contributed by atoms with Crippen LogP contribution in [0.15, 0.2) is 30.3 Å². The Morgan fingerprint density at radius 1 is 1.25 bits per heavy atom. The molecule has 1 rings (SSSR count). The summed E-state index contributed by atoms with van der Waals surface area (Å²) in [4.78, 5) is 24.1. The number of nitrogens with one attached hydrogen (secondary N) is 1. The molecule has 5 heteroatoms. The molecule has 1 amide bonds. The van der Waals surface area contributed by atoms with Crippen LogP contribution in [0, 0.1) is 0 Å². The van der Waals surface area contributed by atoms with Crippen LogP contribution in [-0.4, -0.2) is 36.0 Å². The van der Waals surface area contributed by atoms with E-state index in [9.17, 15) is 9.59 Å². The van der Waals surface area contributed by atoms with Crippen LogP contribution >= 0.6 is 11.8 Å². The second kappa shape index (κ2) is 8.64. The van der Waals surface area contributed by atoms with Crippen molar-refractivity contribution in [3.63, 3.8) is 0 Å². The minimum atomic E-state index is -0.599. The third-order valence-electron chi connectivity index (χ3n) is 2.59. The van der Waals surface area contributed by atoms with E-state index in [1.165, 1.54) is 0 Å². The van der Waals surface area contributed by atoms with Crippen molar-refractivity contribution in [2.24, 2.45) is 0 Å². The zero-order chi connectivity index (χ0) is 15.0. The molecule has 0 heterocycles. The van der Waals surface area contributed by atoms with Gasteiger partial charge in [0, 0.05) is 5.56 Å². The van der Waals surface area contributed by atoms with Crippen LogP contribution in [0.2, 0.25) is 0 Å². The third-order valence-corrected chi connectivity index (χ3v) is 3.23. The fourth-order valence-corrected chi connectivity index (χ4v) is 2.10. The van der Waals surface area contributed by atoms with Crippen LogP contribution in [0.1, 0.15) is 30.6 Å². The summed E-state index contributed by atoms with van der Waals surface area (Å²) in [6.07, 6.45) is 2.34. The smallest absolute Gasteiger partial charge is 0.328 e. The Balaban J connectivity index is 2.68. The lowest BCUT2D eigenvalue weighted by Crippen LogP contribution is -2.43. The number of hydrogen-bond acceptors (Lipinski definition) is 4. The Kier molecular flexibility index (Phi) is 7.15. The zero-order valence-electron chi connectivity index (χ0n) is 12.1. The van der Waals surface area contributed by atoms with Crippen LogP contribution < -0.4 is 5.32 Å². The van der Waals surface area contributed by atoms with E-state index >= 15 is 0 Å². The van der Waals surface area contributed by atoms with Crippen molar-refractivity contribution in [1.82, 2.24) is 5.32 Å². The Bertz CT molecular complexity index is 434. The molecule has 0 radical (unpaired) electrons. The Morgan fingerprint density at radius 3 is 2.45 bits per heavy atom. The highest BCUT2D eigenvalue weighted by Gasteiger charge is 2.23. The molecule has 0 unspecified atom stereocenters. The molecule has 0 aliphatic carbocycles. The molecule has 110 valence electrons. The molecule has 1 atom stereocenters. The normalized spacial score (nSPS) is 12.0. The van der Waals surface area contributed by atoms with Gasteiger partial charge in [-0.2, -0.15) is 11.8 Å². The predicted molar refractivity (Wildman–Crippen MR) is 81.9 cm³/mol. The van der Waals surface area contributed by atoms with Crippen molar-refractivity contribution in [1.29, 1.82) is 0 Å². The molecule has 0 fully saturated rings. The van der Waals surface area contributed by atoms with Crippen molar-refractivity contribution in [2.45, 2.75) is 32.4 Å². The molecule has 20 heavy (non-hydrogen) atoms. The SMILES string of the molecule is CSCC[C@H](NC(=O)c1ccccc1)C(=O)OC(C)C. The van der Waals surface area contributed by atoms with E-state index in [1.807, 2.05) is 12.3 Å². The lowest BCUT2D eigenvalue weighted by Gasteiger charge is -2.18. The summed E-state index contributed by atoms with van der Waals surface area (Å²) >= 11 is 1.63. The fraction of sp³-hybridized carbons (Fsp3) is 0.467. The van der Waals surface area contributed by atoms with Gasteiger partial charge in [0.05, 0.1) is 6.10 Å². The number of thioether (sulfide) groups is 1. The summed E-state index contributed by atoms with van der Waals surface area (Å²) in [6.45, 7) is 3.59. The lowest BCUT2D eigenvalue weighted by molar-refractivity contribution is -0.149. The molecule has 0 aliphatic rings. The summed E-state index contributed by atoms with van der Waals surface area (Å²) in [5, 5.41) is 2.75. The van der Waals surface area contributed by atoms with E-state index in [1.54, 1.807) is 49.9 Å². The molecule has 4 nitrogen and oxygen atoms in total. The maximum absolute atomic E-state index is 12.1. The summed E-state index contributed by atoms with van der Waals surface area (Å²) in [7, 11) is 0. The number of amides is 1. The molecule has 1 aromatic rings. The van der Waals surface area contributed by atoms with Gasteiger partial charge in [-0.3, -0.25) is 4.79 Å². The van der Waals surface area contributed by atoms with Crippen LogP contribution in [-0.2, 0) is 9.53 Å². The first kappa shape index (κ1) is 16.6. The highest BCUT2D eigenvalue weighted by Crippen LogP contribution is 2.06. The topological polar surface area (TPSA) is 55.4 Å². The molecular formula is C15H21NO3S.